The summed E-state index contributed by atoms with van der Waals surface area (Å²) in [5, 5.41) is 13.6. The summed E-state index contributed by atoms with van der Waals surface area (Å²) in [7, 11) is 0. The lowest BCUT2D eigenvalue weighted by Gasteiger charge is -2.23. The fourth-order valence-corrected chi connectivity index (χ4v) is 2.90. The summed E-state index contributed by atoms with van der Waals surface area (Å²) in [5.41, 5.74) is 1.78. The molecule has 0 saturated carbocycles. The summed E-state index contributed by atoms with van der Waals surface area (Å²) in [4.78, 5) is 12.7. The third kappa shape index (κ3) is 1.37. The number of hydrogen-bond acceptors (Lipinski definition) is 1. The minimum Gasteiger partial charge on any atom is -0.464 e. The second-order valence-corrected chi connectivity index (χ2v) is 4.85. The highest BCUT2D eigenvalue weighted by atomic mass is 16.4. The van der Waals surface area contributed by atoms with Gasteiger partial charge < -0.3 is 5.11 Å². The summed E-state index contributed by atoms with van der Waals surface area (Å²) in [5.74, 6) is 0. The Bertz CT molecular complexity index is 896. The van der Waals surface area contributed by atoms with Gasteiger partial charge in [-0.25, -0.2) is 4.79 Å². The predicted octanol–water partition coefficient (Wildman–Crippen LogP) is 4.46. The number of anilines is 1. The molecule has 0 bridgehead atoms. The third-order valence-corrected chi connectivity index (χ3v) is 3.76. The first kappa shape index (κ1) is 11.1. The Morgan fingerprint density at radius 3 is 2.65 bits per heavy atom. The molecular weight excluding hydrogens is 250 g/mol. The standard InChI is InChI=1S/C17H11NO2/c19-17(20)18-9-8-11-5-3-7-14-13-6-2-1-4-12(13)10-15(18)16(11)14/h1-10H,(H,19,20). The molecule has 0 fully saturated rings. The van der Waals surface area contributed by atoms with Crippen LogP contribution in [0.15, 0.2) is 54.7 Å². The zero-order valence-corrected chi connectivity index (χ0v) is 10.6. The SMILES string of the molecule is O=C(O)N1C=Cc2cccc3c2c1cc1ccccc13. The van der Waals surface area contributed by atoms with E-state index >= 15 is 0 Å². The van der Waals surface area contributed by atoms with E-state index in [2.05, 4.69) is 6.07 Å². The van der Waals surface area contributed by atoms with Crippen molar-refractivity contribution in [3.8, 4) is 0 Å². The van der Waals surface area contributed by atoms with E-state index in [1.54, 1.807) is 6.20 Å². The number of fused-ring (bicyclic) bond motifs is 2. The first-order valence-electron chi connectivity index (χ1n) is 6.40. The Morgan fingerprint density at radius 1 is 1.00 bits per heavy atom. The fraction of sp³-hybridized carbons (Fsp3) is 0. The van der Waals surface area contributed by atoms with Gasteiger partial charge in [0.15, 0.2) is 0 Å². The van der Waals surface area contributed by atoms with Crippen molar-refractivity contribution in [1.29, 1.82) is 0 Å². The van der Waals surface area contributed by atoms with Gasteiger partial charge in [-0.1, -0.05) is 42.5 Å². The van der Waals surface area contributed by atoms with E-state index in [-0.39, 0.29) is 0 Å². The monoisotopic (exact) mass is 261 g/mol. The van der Waals surface area contributed by atoms with Gasteiger partial charge in [0.25, 0.3) is 0 Å². The quantitative estimate of drug-likeness (QED) is 0.607. The lowest BCUT2D eigenvalue weighted by molar-refractivity contribution is 0.204. The molecule has 96 valence electrons. The molecule has 1 N–H and O–H groups in total. The smallest absolute Gasteiger partial charge is 0.416 e. The van der Waals surface area contributed by atoms with Gasteiger partial charge in [-0.3, -0.25) is 4.90 Å². The zero-order chi connectivity index (χ0) is 13.7. The van der Waals surface area contributed by atoms with Crippen LogP contribution in [0.1, 0.15) is 5.56 Å². The fourth-order valence-electron chi connectivity index (χ4n) is 2.90. The van der Waals surface area contributed by atoms with Gasteiger partial charge in [0.1, 0.15) is 0 Å². The Balaban J connectivity index is 2.24. The molecule has 0 aromatic heterocycles. The van der Waals surface area contributed by atoms with Gasteiger partial charge in [-0.05, 0) is 33.9 Å². The molecule has 1 amide bonds. The van der Waals surface area contributed by atoms with Crippen LogP contribution in [-0.4, -0.2) is 11.2 Å². The Labute approximate surface area is 115 Å². The van der Waals surface area contributed by atoms with Gasteiger partial charge in [0, 0.05) is 11.6 Å². The van der Waals surface area contributed by atoms with E-state index in [4.69, 9.17) is 0 Å². The molecule has 3 aromatic rings. The highest BCUT2D eigenvalue weighted by molar-refractivity contribution is 6.19. The van der Waals surface area contributed by atoms with E-state index < -0.39 is 6.09 Å². The molecule has 0 unspecified atom stereocenters. The topological polar surface area (TPSA) is 40.5 Å². The van der Waals surface area contributed by atoms with Crippen LogP contribution in [0.3, 0.4) is 0 Å². The van der Waals surface area contributed by atoms with E-state index in [9.17, 15) is 9.90 Å². The van der Waals surface area contributed by atoms with E-state index in [0.717, 1.165) is 32.8 Å². The average molecular weight is 261 g/mol. The minimum atomic E-state index is -0.965. The molecule has 1 aliphatic heterocycles. The van der Waals surface area contributed by atoms with Crippen molar-refractivity contribution in [1.82, 2.24) is 0 Å². The number of hydrogen-bond donors (Lipinski definition) is 1. The molecule has 0 radical (unpaired) electrons. The Kier molecular flexibility index (Phi) is 2.12. The third-order valence-electron chi connectivity index (χ3n) is 3.76. The zero-order valence-electron chi connectivity index (χ0n) is 10.6. The van der Waals surface area contributed by atoms with Crippen LogP contribution in [0.5, 0.6) is 0 Å². The number of carboxylic acid groups (broad SMARTS) is 1. The average Bonchev–Trinajstić information content (AvgIpc) is 2.47. The second kappa shape index (κ2) is 3.84. The van der Waals surface area contributed by atoms with Gasteiger partial charge in [0.2, 0.25) is 0 Å². The van der Waals surface area contributed by atoms with Crippen LogP contribution in [0, 0.1) is 0 Å². The minimum absolute atomic E-state index is 0.726. The molecule has 20 heavy (non-hydrogen) atoms. The second-order valence-electron chi connectivity index (χ2n) is 4.85. The summed E-state index contributed by atoms with van der Waals surface area (Å²) in [6, 6.07) is 16.1. The lowest BCUT2D eigenvalue weighted by Crippen LogP contribution is -2.24. The predicted molar refractivity (Wildman–Crippen MR) is 81.0 cm³/mol. The van der Waals surface area contributed by atoms with Crippen LogP contribution in [0.25, 0.3) is 27.6 Å². The molecule has 1 heterocycles. The first-order valence-corrected chi connectivity index (χ1v) is 6.40. The van der Waals surface area contributed by atoms with Crippen molar-refractivity contribution < 1.29 is 9.90 Å². The molecule has 4 rings (SSSR count). The maximum atomic E-state index is 11.4. The van der Waals surface area contributed by atoms with Crippen LogP contribution in [-0.2, 0) is 0 Å². The Morgan fingerprint density at radius 2 is 1.80 bits per heavy atom. The van der Waals surface area contributed by atoms with Gasteiger partial charge in [-0.15, -0.1) is 0 Å². The summed E-state index contributed by atoms with van der Waals surface area (Å²) in [6.45, 7) is 0. The van der Waals surface area contributed by atoms with Crippen LogP contribution in [0.2, 0.25) is 0 Å². The van der Waals surface area contributed by atoms with Crippen molar-refractivity contribution in [2.75, 3.05) is 4.90 Å². The van der Waals surface area contributed by atoms with Crippen LogP contribution < -0.4 is 4.90 Å². The molecular formula is C17H11NO2. The molecule has 0 spiro atoms. The summed E-state index contributed by atoms with van der Waals surface area (Å²) >= 11 is 0. The number of benzene rings is 3. The molecule has 0 atom stereocenters. The van der Waals surface area contributed by atoms with E-state index in [1.165, 1.54) is 4.90 Å². The number of amides is 1. The number of carbonyl (C=O) groups is 1. The summed E-state index contributed by atoms with van der Waals surface area (Å²) in [6.07, 6.45) is 2.49. The van der Waals surface area contributed by atoms with Crippen LogP contribution in [0.4, 0.5) is 10.5 Å². The van der Waals surface area contributed by atoms with Crippen molar-refractivity contribution >= 4 is 39.4 Å². The molecule has 3 heteroatoms. The highest BCUT2D eigenvalue weighted by Gasteiger charge is 2.20. The van der Waals surface area contributed by atoms with E-state index in [1.807, 2.05) is 48.5 Å². The highest BCUT2D eigenvalue weighted by Crippen LogP contribution is 2.39. The van der Waals surface area contributed by atoms with Gasteiger partial charge >= 0.3 is 6.09 Å². The van der Waals surface area contributed by atoms with Gasteiger partial charge in [0.05, 0.1) is 5.69 Å². The lowest BCUT2D eigenvalue weighted by atomic mass is 9.94. The number of nitrogens with zero attached hydrogens (tertiary/aromatic N) is 1. The van der Waals surface area contributed by atoms with E-state index in [0.29, 0.717) is 0 Å². The maximum absolute atomic E-state index is 11.4. The largest absolute Gasteiger partial charge is 0.464 e. The summed E-state index contributed by atoms with van der Waals surface area (Å²) < 4.78 is 0. The van der Waals surface area contributed by atoms with Crippen LogP contribution >= 0.6 is 0 Å². The molecule has 1 aliphatic rings. The Hall–Kier alpha value is -2.81. The molecule has 3 aromatic carbocycles. The molecule has 0 saturated heterocycles. The first-order chi connectivity index (χ1) is 9.75. The van der Waals surface area contributed by atoms with Crippen molar-refractivity contribution in [3.05, 3.63) is 60.3 Å². The molecule has 0 aliphatic carbocycles. The maximum Gasteiger partial charge on any atom is 0.416 e. The normalized spacial score (nSPS) is 13.1. The van der Waals surface area contributed by atoms with Crippen molar-refractivity contribution in [3.63, 3.8) is 0 Å². The molecule has 3 nitrogen and oxygen atoms in total. The van der Waals surface area contributed by atoms with Gasteiger partial charge in [-0.2, -0.15) is 0 Å². The van der Waals surface area contributed by atoms with Crippen molar-refractivity contribution in [2.45, 2.75) is 0 Å². The number of rotatable bonds is 0. The van der Waals surface area contributed by atoms with Crippen molar-refractivity contribution in [2.24, 2.45) is 0 Å².